The summed E-state index contributed by atoms with van der Waals surface area (Å²) in [6.45, 7) is 9.20. The molecule has 0 amide bonds. The van der Waals surface area contributed by atoms with Crippen molar-refractivity contribution in [3.63, 3.8) is 0 Å². The molecule has 0 N–H and O–H groups in total. The van der Waals surface area contributed by atoms with Gasteiger partial charge in [0.2, 0.25) is 0 Å². The second-order valence-corrected chi connectivity index (χ2v) is 8.23. The maximum Gasteiger partial charge on any atom is 0.0679 e. The van der Waals surface area contributed by atoms with E-state index in [1.54, 1.807) is 0 Å². The number of nitrogens with zero attached hydrogens (tertiary/aromatic N) is 2. The highest BCUT2D eigenvalue weighted by Gasteiger charge is 2.35. The zero-order valence-electron chi connectivity index (χ0n) is 13.0. The van der Waals surface area contributed by atoms with Crippen molar-refractivity contribution in [1.82, 2.24) is 4.98 Å². The molecular formula is C18H22N2S. The normalized spacial score (nSPS) is 18.1. The number of hydrogen-bond acceptors (Lipinski definition) is 3. The van der Waals surface area contributed by atoms with Crippen molar-refractivity contribution < 1.29 is 0 Å². The Morgan fingerprint density at radius 2 is 2.00 bits per heavy atom. The van der Waals surface area contributed by atoms with Gasteiger partial charge in [-0.1, -0.05) is 26.8 Å². The number of fused-ring (bicyclic) bond motifs is 2. The lowest BCUT2D eigenvalue weighted by atomic mass is 9.82. The molecule has 2 aromatic rings. The fourth-order valence-corrected chi connectivity index (χ4v) is 4.30. The van der Waals surface area contributed by atoms with Crippen LogP contribution in [-0.2, 0) is 5.41 Å². The maximum absolute atomic E-state index is 5.10. The Bertz CT molecular complexity index is 659. The fourth-order valence-electron chi connectivity index (χ4n) is 3.56. The summed E-state index contributed by atoms with van der Waals surface area (Å²) in [6, 6.07) is 6.74. The van der Waals surface area contributed by atoms with Gasteiger partial charge in [0.05, 0.1) is 11.4 Å². The first-order chi connectivity index (χ1) is 10.0. The minimum atomic E-state index is 0.104. The lowest BCUT2D eigenvalue weighted by molar-refractivity contribution is 0.457. The van der Waals surface area contributed by atoms with E-state index < -0.39 is 0 Å². The number of hydrogen-bond donors (Lipinski definition) is 0. The van der Waals surface area contributed by atoms with Gasteiger partial charge in [-0.2, -0.15) is 0 Å². The zero-order valence-corrected chi connectivity index (χ0v) is 13.8. The van der Waals surface area contributed by atoms with Gasteiger partial charge in [0.25, 0.3) is 0 Å². The Morgan fingerprint density at radius 3 is 2.62 bits per heavy atom. The number of anilines is 1. The molecule has 0 spiro atoms. The van der Waals surface area contributed by atoms with E-state index in [1.807, 2.05) is 11.3 Å². The summed E-state index contributed by atoms with van der Waals surface area (Å²) in [5.41, 5.74) is 5.53. The standard InChI is InChI=1S/C18H22N2S/c1-18(2,3)15-11-13(14-5-4-10-21-14)17-16(19-15)12-6-8-20(17)9-7-12/h4-5,10-12H,6-9H2,1-3H3. The number of aromatic nitrogens is 1. The first-order valence-corrected chi connectivity index (χ1v) is 8.76. The Hall–Kier alpha value is -1.35. The smallest absolute Gasteiger partial charge is 0.0679 e. The van der Waals surface area contributed by atoms with Gasteiger partial charge in [0, 0.05) is 40.6 Å². The van der Waals surface area contributed by atoms with Crippen LogP contribution in [0.4, 0.5) is 5.69 Å². The van der Waals surface area contributed by atoms with E-state index in [4.69, 9.17) is 4.98 Å². The average molecular weight is 298 g/mol. The highest BCUT2D eigenvalue weighted by atomic mass is 32.1. The molecule has 110 valence electrons. The predicted molar refractivity (Wildman–Crippen MR) is 90.4 cm³/mol. The first-order valence-electron chi connectivity index (χ1n) is 7.88. The van der Waals surface area contributed by atoms with E-state index in [0.717, 1.165) is 0 Å². The summed E-state index contributed by atoms with van der Waals surface area (Å²) in [4.78, 5) is 9.04. The van der Waals surface area contributed by atoms with Gasteiger partial charge in [0.1, 0.15) is 0 Å². The highest BCUT2D eigenvalue weighted by Crippen LogP contribution is 2.48. The molecule has 5 heterocycles. The molecule has 0 aliphatic carbocycles. The Kier molecular flexibility index (Phi) is 2.90. The van der Waals surface area contributed by atoms with Crippen LogP contribution in [0.3, 0.4) is 0 Å². The third-order valence-electron chi connectivity index (χ3n) is 4.77. The van der Waals surface area contributed by atoms with Gasteiger partial charge in [-0.25, -0.2) is 0 Å². The highest BCUT2D eigenvalue weighted by molar-refractivity contribution is 7.13. The number of piperidine rings is 1. The minimum Gasteiger partial charge on any atom is -0.369 e. The summed E-state index contributed by atoms with van der Waals surface area (Å²) in [7, 11) is 0. The molecule has 3 aliphatic rings. The third-order valence-corrected chi connectivity index (χ3v) is 5.68. The lowest BCUT2D eigenvalue weighted by Crippen LogP contribution is -2.40. The fraction of sp³-hybridized carbons (Fsp3) is 0.500. The third kappa shape index (κ3) is 2.10. The molecule has 0 aromatic carbocycles. The van der Waals surface area contributed by atoms with Gasteiger partial charge in [-0.05, 0) is 30.4 Å². The van der Waals surface area contributed by atoms with E-state index in [1.165, 1.54) is 53.4 Å². The summed E-state index contributed by atoms with van der Waals surface area (Å²) in [6.07, 6.45) is 2.55. The van der Waals surface area contributed by atoms with Crippen molar-refractivity contribution in [1.29, 1.82) is 0 Å². The second kappa shape index (κ2) is 4.57. The summed E-state index contributed by atoms with van der Waals surface area (Å²) in [5.74, 6) is 0.672. The zero-order chi connectivity index (χ0) is 14.6. The topological polar surface area (TPSA) is 16.1 Å². The predicted octanol–water partition coefficient (Wildman–Crippen LogP) is 4.81. The van der Waals surface area contributed by atoms with Crippen LogP contribution < -0.4 is 4.90 Å². The molecule has 2 aromatic heterocycles. The largest absolute Gasteiger partial charge is 0.369 e. The van der Waals surface area contributed by atoms with Crippen LogP contribution in [0.1, 0.15) is 50.9 Å². The van der Waals surface area contributed by atoms with Crippen LogP contribution in [-0.4, -0.2) is 18.1 Å². The quantitative estimate of drug-likeness (QED) is 0.751. The number of pyridine rings is 1. The van der Waals surface area contributed by atoms with Crippen molar-refractivity contribution in [3.8, 4) is 10.4 Å². The molecule has 1 saturated heterocycles. The maximum atomic E-state index is 5.10. The van der Waals surface area contributed by atoms with Crippen LogP contribution in [0, 0.1) is 0 Å². The van der Waals surface area contributed by atoms with Gasteiger partial charge < -0.3 is 4.90 Å². The van der Waals surface area contributed by atoms with Gasteiger partial charge in [0.15, 0.2) is 0 Å². The molecule has 1 fully saturated rings. The molecule has 0 radical (unpaired) electrons. The Balaban J connectivity index is 1.98. The molecule has 3 heteroatoms. The molecule has 0 unspecified atom stereocenters. The molecule has 2 nitrogen and oxygen atoms in total. The number of rotatable bonds is 1. The Morgan fingerprint density at radius 1 is 1.24 bits per heavy atom. The lowest BCUT2D eigenvalue weighted by Gasteiger charge is -2.43. The van der Waals surface area contributed by atoms with Gasteiger partial charge >= 0.3 is 0 Å². The SMILES string of the molecule is CC(C)(C)c1cc(-c2cccs2)c2c(n1)C1CCN2CC1. The van der Waals surface area contributed by atoms with Crippen LogP contribution >= 0.6 is 11.3 Å². The summed E-state index contributed by atoms with van der Waals surface area (Å²) in [5, 5.41) is 2.18. The molecular weight excluding hydrogens is 276 g/mol. The molecule has 3 aliphatic heterocycles. The second-order valence-electron chi connectivity index (χ2n) is 7.28. The molecule has 0 saturated carbocycles. The Labute approximate surface area is 130 Å². The number of thiophene rings is 1. The average Bonchev–Trinajstić information content (AvgIpc) is 3.00. The van der Waals surface area contributed by atoms with Crippen molar-refractivity contribution >= 4 is 17.0 Å². The molecule has 2 bridgehead atoms. The van der Waals surface area contributed by atoms with E-state index in [9.17, 15) is 0 Å². The van der Waals surface area contributed by atoms with Crippen molar-refractivity contribution in [2.45, 2.75) is 44.9 Å². The summed E-state index contributed by atoms with van der Waals surface area (Å²) < 4.78 is 0. The first kappa shape index (κ1) is 13.3. The van der Waals surface area contributed by atoms with E-state index in [2.05, 4.69) is 49.3 Å². The van der Waals surface area contributed by atoms with Crippen LogP contribution in [0.15, 0.2) is 23.6 Å². The van der Waals surface area contributed by atoms with Gasteiger partial charge in [-0.3, -0.25) is 4.98 Å². The molecule has 21 heavy (non-hydrogen) atoms. The van der Waals surface area contributed by atoms with Crippen LogP contribution in [0.25, 0.3) is 10.4 Å². The van der Waals surface area contributed by atoms with E-state index >= 15 is 0 Å². The monoisotopic (exact) mass is 298 g/mol. The molecule has 5 rings (SSSR count). The minimum absolute atomic E-state index is 0.104. The van der Waals surface area contributed by atoms with E-state index in [0.29, 0.717) is 5.92 Å². The van der Waals surface area contributed by atoms with Crippen LogP contribution in [0.2, 0.25) is 0 Å². The molecule has 0 atom stereocenters. The van der Waals surface area contributed by atoms with Crippen molar-refractivity contribution in [2.24, 2.45) is 0 Å². The van der Waals surface area contributed by atoms with Crippen LogP contribution in [0.5, 0.6) is 0 Å². The van der Waals surface area contributed by atoms with Crippen molar-refractivity contribution in [3.05, 3.63) is 35.0 Å². The van der Waals surface area contributed by atoms with Crippen molar-refractivity contribution in [2.75, 3.05) is 18.0 Å². The van der Waals surface area contributed by atoms with Gasteiger partial charge in [-0.15, -0.1) is 11.3 Å². The summed E-state index contributed by atoms with van der Waals surface area (Å²) >= 11 is 1.84. The van der Waals surface area contributed by atoms with E-state index in [-0.39, 0.29) is 5.41 Å².